The first-order chi connectivity index (χ1) is 16.5. The number of likely N-dealkylation sites (N-methyl/N-ethyl adjacent to an activating group) is 1. The fourth-order valence-corrected chi connectivity index (χ4v) is 4.36. The maximum absolute atomic E-state index is 12.7. The summed E-state index contributed by atoms with van der Waals surface area (Å²) in [6.07, 6.45) is 3.26. The van der Waals surface area contributed by atoms with Crippen molar-refractivity contribution < 1.29 is 14.3 Å². The molecule has 3 heterocycles. The number of hydrogen-bond donors (Lipinski definition) is 3. The van der Waals surface area contributed by atoms with E-state index in [1.54, 1.807) is 19.2 Å². The first kappa shape index (κ1) is 23.9. The van der Waals surface area contributed by atoms with E-state index < -0.39 is 11.7 Å². The number of carbonyl (C=O) groups is 1. The number of hydrogen-bond acceptors (Lipinski definition) is 8. The van der Waals surface area contributed by atoms with Crippen molar-refractivity contribution in [3.05, 3.63) is 40.8 Å². The van der Waals surface area contributed by atoms with Crippen LogP contribution in [-0.2, 0) is 0 Å². The highest BCUT2D eigenvalue weighted by Gasteiger charge is 2.20. The molecule has 1 amide bonds. The molecule has 10 heteroatoms. The number of nitrogens with one attached hydrogen (secondary N) is 3. The number of pyridine rings is 1. The normalized spacial score (nSPS) is 16.9. The van der Waals surface area contributed by atoms with Crippen LogP contribution >= 0.6 is 0 Å². The highest BCUT2D eigenvalue weighted by molar-refractivity contribution is 5.88. The van der Waals surface area contributed by atoms with Gasteiger partial charge < -0.3 is 34.5 Å². The lowest BCUT2D eigenvalue weighted by atomic mass is 10.2. The SMILES string of the molecule is COc1ccc(NC(=O)Oc2c(NCCN3CCCC3)cc[nH]c2=O)cc1N1CCN(C)CC1. The zero-order chi connectivity index (χ0) is 23.9. The molecule has 0 bridgehead atoms. The molecule has 3 N–H and O–H groups in total. The fourth-order valence-electron chi connectivity index (χ4n) is 4.36. The van der Waals surface area contributed by atoms with Crippen LogP contribution in [0.5, 0.6) is 11.5 Å². The predicted molar refractivity (Wildman–Crippen MR) is 134 cm³/mol. The van der Waals surface area contributed by atoms with E-state index in [0.717, 1.165) is 57.3 Å². The Bertz CT molecular complexity index is 1030. The molecule has 0 radical (unpaired) electrons. The van der Waals surface area contributed by atoms with Crippen LogP contribution in [0.15, 0.2) is 35.3 Å². The zero-order valence-electron chi connectivity index (χ0n) is 19.9. The third kappa shape index (κ3) is 6.00. The van der Waals surface area contributed by atoms with Crippen LogP contribution < -0.4 is 30.6 Å². The number of aromatic nitrogens is 1. The number of benzene rings is 1. The van der Waals surface area contributed by atoms with Crippen molar-refractivity contribution in [1.29, 1.82) is 0 Å². The third-order valence-electron chi connectivity index (χ3n) is 6.32. The number of carbonyl (C=O) groups excluding carboxylic acids is 1. The molecule has 0 saturated carbocycles. The average molecular weight is 471 g/mol. The van der Waals surface area contributed by atoms with E-state index in [4.69, 9.17) is 9.47 Å². The molecule has 0 spiro atoms. The summed E-state index contributed by atoms with van der Waals surface area (Å²) in [6, 6.07) is 7.15. The molecular formula is C24H34N6O4. The Balaban J connectivity index is 1.41. The van der Waals surface area contributed by atoms with Crippen molar-refractivity contribution in [2.75, 3.05) is 82.0 Å². The van der Waals surface area contributed by atoms with Gasteiger partial charge in [0, 0.05) is 51.2 Å². The highest BCUT2D eigenvalue weighted by atomic mass is 16.6. The van der Waals surface area contributed by atoms with Gasteiger partial charge in [0.1, 0.15) is 5.75 Å². The lowest BCUT2D eigenvalue weighted by Gasteiger charge is -2.34. The van der Waals surface area contributed by atoms with Crippen molar-refractivity contribution in [2.45, 2.75) is 12.8 Å². The number of nitrogens with zero attached hydrogens (tertiary/aromatic N) is 3. The first-order valence-electron chi connectivity index (χ1n) is 11.8. The topological polar surface area (TPSA) is 102 Å². The predicted octanol–water partition coefficient (Wildman–Crippen LogP) is 2.25. The Hall–Kier alpha value is -3.24. The molecular weight excluding hydrogens is 436 g/mol. The lowest BCUT2D eigenvalue weighted by molar-refractivity contribution is 0.214. The number of methoxy groups -OCH3 is 1. The summed E-state index contributed by atoms with van der Waals surface area (Å²) in [4.78, 5) is 34.5. The Morgan fingerprint density at radius 1 is 1.09 bits per heavy atom. The molecule has 184 valence electrons. The van der Waals surface area contributed by atoms with Crippen LogP contribution in [0.25, 0.3) is 0 Å². The maximum Gasteiger partial charge on any atom is 0.417 e. The third-order valence-corrected chi connectivity index (χ3v) is 6.32. The van der Waals surface area contributed by atoms with Crippen LogP contribution in [0.1, 0.15) is 12.8 Å². The summed E-state index contributed by atoms with van der Waals surface area (Å²) in [6.45, 7) is 7.37. The number of amides is 1. The van der Waals surface area contributed by atoms with E-state index in [1.807, 2.05) is 12.1 Å². The Morgan fingerprint density at radius 3 is 2.59 bits per heavy atom. The molecule has 2 aromatic rings. The summed E-state index contributed by atoms with van der Waals surface area (Å²) >= 11 is 0. The number of anilines is 3. The maximum atomic E-state index is 12.7. The van der Waals surface area contributed by atoms with Gasteiger partial charge >= 0.3 is 6.09 Å². The first-order valence-corrected chi connectivity index (χ1v) is 11.8. The van der Waals surface area contributed by atoms with Crippen LogP contribution in [0, 0.1) is 0 Å². The number of aromatic amines is 1. The molecule has 0 atom stereocenters. The summed E-state index contributed by atoms with van der Waals surface area (Å²) in [7, 11) is 3.74. The zero-order valence-corrected chi connectivity index (χ0v) is 19.9. The summed E-state index contributed by atoms with van der Waals surface area (Å²) in [5, 5.41) is 5.97. The molecule has 1 aromatic heterocycles. The van der Waals surface area contributed by atoms with Gasteiger partial charge in [0.05, 0.1) is 18.5 Å². The standard InChI is InChI=1S/C24H34N6O4/c1-28-13-15-30(16-14-28)20-17-18(5-6-21(20)33-2)27-24(32)34-22-19(7-8-26-23(22)31)25-9-12-29-10-3-4-11-29/h5-8,17H,3-4,9-16H2,1-2H3,(H,27,32)(H2,25,26,31). The molecule has 4 rings (SSSR count). The van der Waals surface area contributed by atoms with Crippen molar-refractivity contribution >= 4 is 23.2 Å². The molecule has 2 saturated heterocycles. The van der Waals surface area contributed by atoms with Gasteiger partial charge in [-0.15, -0.1) is 0 Å². The van der Waals surface area contributed by atoms with E-state index in [9.17, 15) is 9.59 Å². The molecule has 2 aliphatic rings. The molecule has 2 aliphatic heterocycles. The van der Waals surface area contributed by atoms with Gasteiger partial charge in [0.15, 0.2) is 0 Å². The van der Waals surface area contributed by atoms with Crippen molar-refractivity contribution in [3.8, 4) is 11.5 Å². The number of H-pyrrole nitrogens is 1. The quantitative estimate of drug-likeness (QED) is 0.540. The van der Waals surface area contributed by atoms with Crippen LogP contribution in [0.4, 0.5) is 21.9 Å². The van der Waals surface area contributed by atoms with Gasteiger partial charge in [-0.25, -0.2) is 4.79 Å². The van der Waals surface area contributed by atoms with Gasteiger partial charge in [-0.3, -0.25) is 10.1 Å². The smallest absolute Gasteiger partial charge is 0.417 e. The van der Waals surface area contributed by atoms with E-state index in [1.165, 1.54) is 19.0 Å². The summed E-state index contributed by atoms with van der Waals surface area (Å²) < 4.78 is 11.0. The molecule has 34 heavy (non-hydrogen) atoms. The van der Waals surface area contributed by atoms with Crippen LogP contribution in [0.2, 0.25) is 0 Å². The van der Waals surface area contributed by atoms with Crippen molar-refractivity contribution in [1.82, 2.24) is 14.8 Å². The second-order valence-corrected chi connectivity index (χ2v) is 8.72. The van der Waals surface area contributed by atoms with Crippen molar-refractivity contribution in [2.24, 2.45) is 0 Å². The molecule has 0 aliphatic carbocycles. The van der Waals surface area contributed by atoms with E-state index in [-0.39, 0.29) is 5.75 Å². The minimum absolute atomic E-state index is 0.0470. The number of rotatable bonds is 8. The summed E-state index contributed by atoms with van der Waals surface area (Å²) in [5.41, 5.74) is 1.51. The molecule has 0 unspecified atom stereocenters. The second kappa shape index (κ2) is 11.3. The summed E-state index contributed by atoms with van der Waals surface area (Å²) in [5.74, 6) is 0.696. The number of likely N-dealkylation sites (tertiary alicyclic amines) is 1. The number of piperazine rings is 1. The van der Waals surface area contributed by atoms with Crippen molar-refractivity contribution in [3.63, 3.8) is 0 Å². The fraction of sp³-hybridized carbons (Fsp3) is 0.500. The highest BCUT2D eigenvalue weighted by Crippen LogP contribution is 2.32. The lowest BCUT2D eigenvalue weighted by Crippen LogP contribution is -2.44. The van der Waals surface area contributed by atoms with E-state index in [2.05, 4.69) is 37.4 Å². The molecule has 2 fully saturated rings. The van der Waals surface area contributed by atoms with Gasteiger partial charge in [0.2, 0.25) is 5.75 Å². The molecule has 10 nitrogen and oxygen atoms in total. The second-order valence-electron chi connectivity index (χ2n) is 8.72. The van der Waals surface area contributed by atoms with Gasteiger partial charge in [-0.1, -0.05) is 0 Å². The van der Waals surface area contributed by atoms with E-state index >= 15 is 0 Å². The van der Waals surface area contributed by atoms with Gasteiger partial charge in [-0.2, -0.15) is 0 Å². The Kier molecular flexibility index (Phi) is 7.91. The van der Waals surface area contributed by atoms with Crippen LogP contribution in [-0.4, -0.2) is 87.4 Å². The van der Waals surface area contributed by atoms with Crippen LogP contribution in [0.3, 0.4) is 0 Å². The minimum atomic E-state index is -0.728. The minimum Gasteiger partial charge on any atom is -0.495 e. The largest absolute Gasteiger partial charge is 0.495 e. The Labute approximate surface area is 199 Å². The monoisotopic (exact) mass is 470 g/mol. The number of ether oxygens (including phenoxy) is 2. The van der Waals surface area contributed by atoms with Gasteiger partial charge in [0.25, 0.3) is 5.56 Å². The molecule has 1 aromatic carbocycles. The van der Waals surface area contributed by atoms with E-state index in [0.29, 0.717) is 17.9 Å². The average Bonchev–Trinajstić information content (AvgIpc) is 3.35. The Morgan fingerprint density at radius 2 is 1.85 bits per heavy atom. The van der Waals surface area contributed by atoms with Gasteiger partial charge in [-0.05, 0) is 57.2 Å².